The molecule has 0 radical (unpaired) electrons. The molecule has 2 heterocycles. The minimum atomic E-state index is -2.64. The first kappa shape index (κ1) is 11.8. The van der Waals surface area contributed by atoms with Gasteiger partial charge in [0.05, 0.1) is 6.04 Å². The normalized spacial score (nSPS) is 19.3. The second kappa shape index (κ2) is 4.65. The van der Waals surface area contributed by atoms with Crippen molar-refractivity contribution in [2.24, 2.45) is 0 Å². The van der Waals surface area contributed by atoms with Crippen LogP contribution >= 0.6 is 0 Å². The summed E-state index contributed by atoms with van der Waals surface area (Å²) in [4.78, 5) is 13.6. The van der Waals surface area contributed by atoms with Gasteiger partial charge in [-0.1, -0.05) is 19.1 Å². The van der Waals surface area contributed by atoms with E-state index in [1.54, 1.807) is 4.90 Å². The van der Waals surface area contributed by atoms with Gasteiger partial charge in [0.2, 0.25) is 0 Å². The third-order valence-corrected chi connectivity index (χ3v) is 2.79. The van der Waals surface area contributed by atoms with Crippen LogP contribution in [0.4, 0.5) is 8.78 Å². The Morgan fingerprint density at radius 3 is 3.06 bits per heavy atom. The van der Waals surface area contributed by atoms with E-state index >= 15 is 0 Å². The molecule has 92 valence electrons. The number of carbonyl (C=O) groups is 1. The molecule has 17 heavy (non-hydrogen) atoms. The number of aromatic amines is 1. The molecule has 2 rings (SSSR count). The lowest BCUT2D eigenvalue weighted by Crippen LogP contribution is -2.35. The molecule has 0 aromatic carbocycles. The van der Waals surface area contributed by atoms with Gasteiger partial charge in [0.25, 0.3) is 12.3 Å². The van der Waals surface area contributed by atoms with Crippen LogP contribution in [0.15, 0.2) is 18.2 Å². The average Bonchev–Trinajstić information content (AvgIpc) is 2.96. The van der Waals surface area contributed by atoms with E-state index in [1.807, 2.05) is 19.1 Å². The number of halogens is 2. The molecule has 1 aromatic heterocycles. The van der Waals surface area contributed by atoms with Crippen LogP contribution in [0.5, 0.6) is 0 Å². The SMILES string of the molecule is CC[C@@H]1C=CCN1C(=O)c1cc(C(F)F)[nH]n1. The Labute approximate surface area is 97.3 Å². The van der Waals surface area contributed by atoms with Crippen LogP contribution in [0.25, 0.3) is 0 Å². The quantitative estimate of drug-likeness (QED) is 0.824. The van der Waals surface area contributed by atoms with Gasteiger partial charge >= 0.3 is 0 Å². The number of carbonyl (C=O) groups excluding carboxylic acids is 1. The van der Waals surface area contributed by atoms with E-state index in [4.69, 9.17) is 0 Å². The van der Waals surface area contributed by atoms with Crippen molar-refractivity contribution in [1.29, 1.82) is 0 Å². The number of nitrogens with one attached hydrogen (secondary N) is 1. The highest BCUT2D eigenvalue weighted by Gasteiger charge is 2.26. The molecule has 0 aliphatic carbocycles. The highest BCUT2D eigenvalue weighted by molar-refractivity contribution is 5.93. The van der Waals surface area contributed by atoms with Crippen molar-refractivity contribution in [2.75, 3.05) is 6.54 Å². The number of amides is 1. The zero-order valence-electron chi connectivity index (χ0n) is 9.36. The van der Waals surface area contributed by atoms with Crippen molar-refractivity contribution in [3.8, 4) is 0 Å². The highest BCUT2D eigenvalue weighted by Crippen LogP contribution is 2.20. The van der Waals surface area contributed by atoms with Crippen molar-refractivity contribution in [3.05, 3.63) is 29.6 Å². The molecular weight excluding hydrogens is 228 g/mol. The van der Waals surface area contributed by atoms with Crippen LogP contribution in [0, 0.1) is 0 Å². The summed E-state index contributed by atoms with van der Waals surface area (Å²) < 4.78 is 24.7. The van der Waals surface area contributed by atoms with E-state index < -0.39 is 6.43 Å². The van der Waals surface area contributed by atoms with Gasteiger partial charge in [0, 0.05) is 6.54 Å². The lowest BCUT2D eigenvalue weighted by molar-refractivity contribution is 0.0741. The van der Waals surface area contributed by atoms with Gasteiger partial charge in [-0.3, -0.25) is 9.89 Å². The van der Waals surface area contributed by atoms with Gasteiger partial charge in [0.15, 0.2) is 5.69 Å². The summed E-state index contributed by atoms with van der Waals surface area (Å²) in [5.74, 6) is -0.315. The van der Waals surface area contributed by atoms with E-state index in [1.165, 1.54) is 0 Å². The first-order valence-electron chi connectivity index (χ1n) is 5.44. The van der Waals surface area contributed by atoms with Crippen LogP contribution in [-0.4, -0.2) is 33.6 Å². The fourth-order valence-corrected chi connectivity index (χ4v) is 1.87. The number of hydrogen-bond donors (Lipinski definition) is 1. The lowest BCUT2D eigenvalue weighted by atomic mass is 10.2. The first-order valence-corrected chi connectivity index (χ1v) is 5.44. The average molecular weight is 241 g/mol. The van der Waals surface area contributed by atoms with Crippen LogP contribution in [0.3, 0.4) is 0 Å². The van der Waals surface area contributed by atoms with E-state index in [2.05, 4.69) is 10.2 Å². The number of rotatable bonds is 3. The van der Waals surface area contributed by atoms with E-state index in [-0.39, 0.29) is 23.3 Å². The number of hydrogen-bond acceptors (Lipinski definition) is 2. The minimum absolute atomic E-state index is 0.0363. The molecule has 1 N–H and O–H groups in total. The van der Waals surface area contributed by atoms with Crippen LogP contribution < -0.4 is 0 Å². The smallest absolute Gasteiger partial charge is 0.279 e. The maximum Gasteiger partial charge on any atom is 0.279 e. The van der Waals surface area contributed by atoms with Crippen molar-refractivity contribution >= 4 is 5.91 Å². The first-order chi connectivity index (χ1) is 8.13. The summed E-state index contributed by atoms with van der Waals surface area (Å²) >= 11 is 0. The van der Waals surface area contributed by atoms with Crippen molar-refractivity contribution in [1.82, 2.24) is 15.1 Å². The minimum Gasteiger partial charge on any atom is -0.327 e. The summed E-state index contributed by atoms with van der Waals surface area (Å²) in [6, 6.07) is 1.15. The Kier molecular flexibility index (Phi) is 3.21. The number of alkyl halides is 2. The predicted octanol–water partition coefficient (Wildman–Crippen LogP) is 2.14. The summed E-state index contributed by atoms with van der Waals surface area (Å²) in [6.07, 6.45) is 2.00. The Hall–Kier alpha value is -1.72. The molecule has 0 fully saturated rings. The molecule has 1 amide bonds. The fraction of sp³-hybridized carbons (Fsp3) is 0.455. The van der Waals surface area contributed by atoms with Crippen LogP contribution in [0.1, 0.15) is 36.0 Å². The molecule has 1 aliphatic heterocycles. The Morgan fingerprint density at radius 2 is 2.47 bits per heavy atom. The molecule has 1 aromatic rings. The summed E-state index contributed by atoms with van der Waals surface area (Å²) in [6.45, 7) is 2.48. The number of nitrogens with zero attached hydrogens (tertiary/aromatic N) is 2. The van der Waals surface area contributed by atoms with Gasteiger partial charge in [-0.2, -0.15) is 5.10 Å². The summed E-state index contributed by atoms with van der Waals surface area (Å²) in [5, 5.41) is 5.80. The number of H-pyrrole nitrogens is 1. The van der Waals surface area contributed by atoms with Crippen molar-refractivity contribution in [3.63, 3.8) is 0 Å². The molecule has 0 unspecified atom stereocenters. The lowest BCUT2D eigenvalue weighted by Gasteiger charge is -2.22. The molecule has 6 heteroatoms. The third kappa shape index (κ3) is 2.20. The largest absolute Gasteiger partial charge is 0.327 e. The Balaban J connectivity index is 2.14. The third-order valence-electron chi connectivity index (χ3n) is 2.79. The molecule has 0 bridgehead atoms. The second-order valence-corrected chi connectivity index (χ2v) is 3.87. The standard InChI is InChI=1S/C11H13F2N3O/c1-2-7-4-3-5-16(7)11(17)9-6-8(10(12)13)14-15-9/h3-4,6-7,10H,2,5H2,1H3,(H,14,15)/t7-/m1/s1. The topological polar surface area (TPSA) is 49.0 Å². The Morgan fingerprint density at radius 1 is 1.71 bits per heavy atom. The van der Waals surface area contributed by atoms with Gasteiger partial charge < -0.3 is 4.90 Å². The molecule has 4 nitrogen and oxygen atoms in total. The second-order valence-electron chi connectivity index (χ2n) is 3.87. The molecule has 0 spiro atoms. The molecule has 1 aliphatic rings. The number of aromatic nitrogens is 2. The zero-order chi connectivity index (χ0) is 12.4. The van der Waals surface area contributed by atoms with E-state index in [0.717, 1.165) is 12.5 Å². The zero-order valence-corrected chi connectivity index (χ0v) is 9.36. The fourth-order valence-electron chi connectivity index (χ4n) is 1.87. The maximum atomic E-state index is 12.4. The van der Waals surface area contributed by atoms with Crippen LogP contribution in [-0.2, 0) is 0 Å². The van der Waals surface area contributed by atoms with Crippen molar-refractivity contribution in [2.45, 2.75) is 25.8 Å². The van der Waals surface area contributed by atoms with E-state index in [0.29, 0.717) is 6.54 Å². The van der Waals surface area contributed by atoms with Gasteiger partial charge in [-0.05, 0) is 12.5 Å². The Bertz CT molecular complexity index is 442. The predicted molar refractivity (Wildman–Crippen MR) is 57.8 cm³/mol. The molecule has 0 saturated carbocycles. The van der Waals surface area contributed by atoms with E-state index in [9.17, 15) is 13.6 Å². The molecule has 1 atom stereocenters. The van der Waals surface area contributed by atoms with Gasteiger partial charge in [-0.25, -0.2) is 8.78 Å². The summed E-state index contributed by atoms with van der Waals surface area (Å²) in [7, 11) is 0. The molecular formula is C11H13F2N3O. The van der Waals surface area contributed by atoms with Crippen LogP contribution in [0.2, 0.25) is 0 Å². The summed E-state index contributed by atoms with van der Waals surface area (Å²) in [5.41, 5.74) is -0.281. The maximum absolute atomic E-state index is 12.4. The highest BCUT2D eigenvalue weighted by atomic mass is 19.3. The van der Waals surface area contributed by atoms with Crippen molar-refractivity contribution < 1.29 is 13.6 Å². The monoisotopic (exact) mass is 241 g/mol. The van der Waals surface area contributed by atoms with Gasteiger partial charge in [-0.15, -0.1) is 0 Å². The molecule has 0 saturated heterocycles. The van der Waals surface area contributed by atoms with Gasteiger partial charge in [0.1, 0.15) is 5.69 Å².